The predicted octanol–water partition coefficient (Wildman–Crippen LogP) is 1.02. The van der Waals surface area contributed by atoms with Crippen LogP contribution in [0.1, 0.15) is 27.2 Å². The third-order valence-corrected chi connectivity index (χ3v) is 1.36. The van der Waals surface area contributed by atoms with Crippen LogP contribution in [-0.2, 0) is 14.3 Å². The molecule has 0 aromatic rings. The molecule has 0 heterocycles. The Kier molecular flexibility index (Phi) is 4.91. The summed E-state index contributed by atoms with van der Waals surface area (Å²) in [5.74, 6) is -0.440. The van der Waals surface area contributed by atoms with E-state index in [-0.39, 0.29) is 0 Å². The summed E-state index contributed by atoms with van der Waals surface area (Å²) < 4.78 is 5.10. The highest BCUT2D eigenvalue weighted by atomic mass is 16.6. The number of ether oxygens (including phenoxy) is 1. The van der Waals surface area contributed by atoms with E-state index in [4.69, 9.17) is 4.74 Å². The van der Waals surface area contributed by atoms with Gasteiger partial charge in [0.15, 0.2) is 0 Å². The van der Waals surface area contributed by atoms with Gasteiger partial charge in [-0.05, 0) is 27.2 Å². The molecule has 0 aromatic carbocycles. The van der Waals surface area contributed by atoms with Gasteiger partial charge in [0.1, 0.15) is 11.6 Å². The zero-order valence-corrected chi connectivity index (χ0v) is 8.87. The molecule has 0 aliphatic heterocycles. The second-order valence-electron chi connectivity index (χ2n) is 3.89. The largest absolute Gasteiger partial charge is 0.458 e. The molecule has 1 amide bonds. The first-order chi connectivity index (χ1) is 6.40. The molecule has 0 radical (unpaired) electrons. The van der Waals surface area contributed by atoms with E-state index in [9.17, 15) is 9.59 Å². The van der Waals surface area contributed by atoms with Crippen molar-refractivity contribution in [2.75, 3.05) is 0 Å². The van der Waals surface area contributed by atoms with Gasteiger partial charge in [0.2, 0.25) is 6.41 Å². The fraction of sp³-hybridized carbons (Fsp3) is 0.600. The lowest BCUT2D eigenvalue weighted by Crippen LogP contribution is -2.40. The molecule has 80 valence electrons. The quantitative estimate of drug-likeness (QED) is 0.408. The molecule has 0 rings (SSSR count). The number of hydrogen-bond acceptors (Lipinski definition) is 3. The van der Waals surface area contributed by atoms with E-state index in [0.29, 0.717) is 12.8 Å². The first-order valence-electron chi connectivity index (χ1n) is 4.44. The summed E-state index contributed by atoms with van der Waals surface area (Å²) in [4.78, 5) is 21.7. The van der Waals surface area contributed by atoms with Gasteiger partial charge in [0.05, 0.1) is 0 Å². The average molecular weight is 199 g/mol. The highest BCUT2D eigenvalue weighted by Gasteiger charge is 2.23. The van der Waals surface area contributed by atoms with E-state index in [0.717, 1.165) is 0 Å². The summed E-state index contributed by atoms with van der Waals surface area (Å²) in [5, 5.41) is 2.38. The maximum Gasteiger partial charge on any atom is 0.329 e. The number of rotatable bonds is 5. The second-order valence-corrected chi connectivity index (χ2v) is 3.89. The molecule has 1 N–H and O–H groups in total. The number of carbonyl (C=O) groups is 2. The van der Waals surface area contributed by atoms with Crippen LogP contribution in [0, 0.1) is 0 Å². The van der Waals surface area contributed by atoms with Gasteiger partial charge >= 0.3 is 5.97 Å². The number of carbonyl (C=O) groups excluding carboxylic acids is 2. The van der Waals surface area contributed by atoms with Crippen molar-refractivity contribution >= 4 is 12.4 Å². The Morgan fingerprint density at radius 1 is 1.57 bits per heavy atom. The van der Waals surface area contributed by atoms with Crippen LogP contribution in [0.15, 0.2) is 12.7 Å². The molecule has 4 heteroatoms. The molecule has 1 atom stereocenters. The van der Waals surface area contributed by atoms with Crippen LogP contribution in [0.3, 0.4) is 0 Å². The summed E-state index contributed by atoms with van der Waals surface area (Å²) in [5.41, 5.74) is -0.541. The Bertz CT molecular complexity index is 208. The van der Waals surface area contributed by atoms with Crippen LogP contribution in [0.4, 0.5) is 0 Å². The topological polar surface area (TPSA) is 55.4 Å². The minimum absolute atomic E-state index is 0.369. The van der Waals surface area contributed by atoms with Crippen molar-refractivity contribution < 1.29 is 14.3 Å². The van der Waals surface area contributed by atoms with E-state index in [1.54, 1.807) is 26.8 Å². The van der Waals surface area contributed by atoms with Gasteiger partial charge in [0, 0.05) is 0 Å². The van der Waals surface area contributed by atoms with Crippen molar-refractivity contribution in [2.24, 2.45) is 0 Å². The molecular formula is C10H17NO3. The summed E-state index contributed by atoms with van der Waals surface area (Å²) in [7, 11) is 0. The Balaban J connectivity index is 4.28. The third-order valence-electron chi connectivity index (χ3n) is 1.36. The number of amides is 1. The normalized spacial score (nSPS) is 12.8. The molecule has 0 aliphatic rings. The maximum absolute atomic E-state index is 11.4. The van der Waals surface area contributed by atoms with E-state index in [1.165, 1.54) is 0 Å². The van der Waals surface area contributed by atoms with E-state index in [2.05, 4.69) is 11.9 Å². The first-order valence-corrected chi connectivity index (χ1v) is 4.44. The minimum Gasteiger partial charge on any atom is -0.458 e. The third kappa shape index (κ3) is 5.35. The molecule has 0 saturated carbocycles. The zero-order chi connectivity index (χ0) is 11.2. The molecule has 14 heavy (non-hydrogen) atoms. The van der Waals surface area contributed by atoms with Crippen molar-refractivity contribution in [3.05, 3.63) is 12.7 Å². The van der Waals surface area contributed by atoms with Crippen LogP contribution in [0.5, 0.6) is 0 Å². The highest BCUT2D eigenvalue weighted by Crippen LogP contribution is 2.09. The summed E-state index contributed by atoms with van der Waals surface area (Å²) in [6.07, 6.45) is 2.41. The highest BCUT2D eigenvalue weighted by molar-refractivity contribution is 5.78. The van der Waals surface area contributed by atoms with Crippen molar-refractivity contribution in [1.82, 2.24) is 5.32 Å². The van der Waals surface area contributed by atoms with Gasteiger partial charge in [-0.25, -0.2) is 4.79 Å². The lowest BCUT2D eigenvalue weighted by Gasteiger charge is -2.22. The molecule has 0 saturated heterocycles. The Morgan fingerprint density at radius 3 is 2.50 bits per heavy atom. The van der Waals surface area contributed by atoms with Gasteiger partial charge < -0.3 is 10.1 Å². The molecule has 0 spiro atoms. The van der Waals surface area contributed by atoms with Crippen LogP contribution in [0.2, 0.25) is 0 Å². The number of esters is 1. The minimum atomic E-state index is -0.635. The Morgan fingerprint density at radius 2 is 2.14 bits per heavy atom. The van der Waals surface area contributed by atoms with Gasteiger partial charge in [-0.3, -0.25) is 4.79 Å². The lowest BCUT2D eigenvalue weighted by atomic mass is 10.1. The molecule has 0 aromatic heterocycles. The van der Waals surface area contributed by atoms with Gasteiger partial charge in [-0.15, -0.1) is 6.58 Å². The smallest absolute Gasteiger partial charge is 0.329 e. The number of hydrogen-bond donors (Lipinski definition) is 1. The maximum atomic E-state index is 11.4. The summed E-state index contributed by atoms with van der Waals surface area (Å²) >= 11 is 0. The van der Waals surface area contributed by atoms with E-state index in [1.807, 2.05) is 0 Å². The molecule has 0 bridgehead atoms. The van der Waals surface area contributed by atoms with Crippen LogP contribution in [0.25, 0.3) is 0 Å². The second kappa shape index (κ2) is 5.42. The van der Waals surface area contributed by atoms with Crippen molar-refractivity contribution in [3.63, 3.8) is 0 Å². The predicted molar refractivity (Wildman–Crippen MR) is 53.6 cm³/mol. The first kappa shape index (κ1) is 12.7. The van der Waals surface area contributed by atoms with Crippen molar-refractivity contribution in [2.45, 2.75) is 38.8 Å². The van der Waals surface area contributed by atoms with Gasteiger partial charge in [0.25, 0.3) is 0 Å². The van der Waals surface area contributed by atoms with E-state index >= 15 is 0 Å². The number of nitrogens with one attached hydrogen (secondary N) is 1. The average Bonchev–Trinajstić information content (AvgIpc) is 2.01. The van der Waals surface area contributed by atoms with E-state index < -0.39 is 17.6 Å². The van der Waals surface area contributed by atoms with Gasteiger partial charge in [-0.2, -0.15) is 0 Å². The fourth-order valence-corrected chi connectivity index (χ4v) is 0.854. The van der Waals surface area contributed by atoms with Crippen LogP contribution < -0.4 is 5.32 Å². The molecule has 4 nitrogen and oxygen atoms in total. The Labute approximate surface area is 84.3 Å². The lowest BCUT2D eigenvalue weighted by molar-refractivity contribution is -0.157. The van der Waals surface area contributed by atoms with Crippen LogP contribution in [-0.4, -0.2) is 24.0 Å². The Hall–Kier alpha value is -1.32. The molecule has 0 fully saturated rings. The molecular weight excluding hydrogens is 182 g/mol. The van der Waals surface area contributed by atoms with Gasteiger partial charge in [-0.1, -0.05) is 6.08 Å². The molecule has 0 aliphatic carbocycles. The summed E-state index contributed by atoms with van der Waals surface area (Å²) in [6.45, 7) is 8.82. The zero-order valence-electron chi connectivity index (χ0n) is 8.87. The summed E-state index contributed by atoms with van der Waals surface area (Å²) in [6, 6.07) is -0.635. The fourth-order valence-electron chi connectivity index (χ4n) is 0.854. The van der Waals surface area contributed by atoms with Crippen molar-refractivity contribution in [3.8, 4) is 0 Å². The SMILES string of the molecule is C=CCC(NC=O)C(=O)OC(C)(C)C. The van der Waals surface area contributed by atoms with Crippen LogP contribution >= 0.6 is 0 Å². The monoisotopic (exact) mass is 199 g/mol. The standard InChI is InChI=1S/C10H17NO3/c1-5-6-8(11-7-12)9(13)14-10(2,3)4/h5,7-8H,1,6H2,2-4H3,(H,11,12). The van der Waals surface area contributed by atoms with Crippen molar-refractivity contribution in [1.29, 1.82) is 0 Å². The molecule has 1 unspecified atom stereocenters.